The molecular formula is C36H23N3O3S2. The highest BCUT2D eigenvalue weighted by Crippen LogP contribution is 2.37. The fourth-order valence-electron chi connectivity index (χ4n) is 6.23. The number of benzene rings is 5. The molecule has 1 saturated heterocycles. The number of carboxylic acids is 1. The summed E-state index contributed by atoms with van der Waals surface area (Å²) < 4.78 is 4.83. The van der Waals surface area contributed by atoms with E-state index in [1.165, 1.54) is 21.8 Å². The number of carbonyl (C=O) groups is 2. The molecule has 1 N–H and O–H groups in total. The Balaban J connectivity index is 1.22. The molecule has 1 aliphatic rings. The number of carbonyl (C=O) groups excluding carboxylic acids is 1. The van der Waals surface area contributed by atoms with E-state index in [2.05, 4.69) is 106 Å². The van der Waals surface area contributed by atoms with Gasteiger partial charge in [-0.1, -0.05) is 84.6 Å². The summed E-state index contributed by atoms with van der Waals surface area (Å²) in [6.45, 7) is -0.440. The fraction of sp³-hybridized carbons (Fsp3) is 0.0278. The van der Waals surface area contributed by atoms with Crippen LogP contribution in [0.5, 0.6) is 0 Å². The highest BCUT2D eigenvalue weighted by atomic mass is 32.2. The van der Waals surface area contributed by atoms with Gasteiger partial charge in [0.05, 0.1) is 27.0 Å². The summed E-state index contributed by atoms with van der Waals surface area (Å²) in [5, 5.41) is 13.8. The van der Waals surface area contributed by atoms with Crippen molar-refractivity contribution < 1.29 is 14.7 Å². The Bertz CT molecular complexity index is 2310. The molecule has 1 fully saturated rings. The lowest BCUT2D eigenvalue weighted by atomic mass is 10.1. The van der Waals surface area contributed by atoms with Crippen LogP contribution in [0.2, 0.25) is 0 Å². The van der Waals surface area contributed by atoms with Gasteiger partial charge in [0.15, 0.2) is 0 Å². The Labute approximate surface area is 261 Å². The van der Waals surface area contributed by atoms with E-state index in [1.807, 2.05) is 18.2 Å². The summed E-state index contributed by atoms with van der Waals surface area (Å²) in [6, 6.07) is 40.1. The molecule has 0 unspecified atom stereocenters. The summed E-state index contributed by atoms with van der Waals surface area (Å²) in [6.07, 6.45) is 1.78. The normalized spacial score (nSPS) is 14.6. The predicted molar refractivity (Wildman–Crippen MR) is 183 cm³/mol. The summed E-state index contributed by atoms with van der Waals surface area (Å²) in [4.78, 5) is 25.6. The SMILES string of the molecule is O=C(O)CN1C(=O)C(=Cc2ccc3c(c2)c2ccccc2n3-c2ccc(-n3c4ccccc4c4ccccc43)cc2)SC1=S. The highest BCUT2D eigenvalue weighted by Gasteiger charge is 2.33. The number of fused-ring (bicyclic) bond motifs is 6. The zero-order valence-corrected chi connectivity index (χ0v) is 24.8. The molecule has 44 heavy (non-hydrogen) atoms. The van der Waals surface area contributed by atoms with Gasteiger partial charge in [-0.25, -0.2) is 0 Å². The number of hydrogen-bond donors (Lipinski definition) is 1. The fourth-order valence-corrected chi connectivity index (χ4v) is 7.49. The van der Waals surface area contributed by atoms with E-state index in [-0.39, 0.29) is 10.2 Å². The molecule has 212 valence electrons. The average Bonchev–Trinajstić information content (AvgIpc) is 3.64. The van der Waals surface area contributed by atoms with Crippen LogP contribution in [0.15, 0.2) is 120 Å². The Morgan fingerprint density at radius 2 is 1.16 bits per heavy atom. The molecule has 8 heteroatoms. The number of carboxylic acid groups (broad SMARTS) is 1. The Kier molecular flexibility index (Phi) is 6.14. The van der Waals surface area contributed by atoms with Gasteiger partial charge in [0.1, 0.15) is 10.9 Å². The molecule has 0 saturated carbocycles. The predicted octanol–water partition coefficient (Wildman–Crippen LogP) is 8.17. The van der Waals surface area contributed by atoms with Crippen molar-refractivity contribution in [2.75, 3.05) is 6.54 Å². The van der Waals surface area contributed by atoms with Gasteiger partial charge in [0, 0.05) is 32.9 Å². The zero-order chi connectivity index (χ0) is 29.9. The van der Waals surface area contributed by atoms with Crippen LogP contribution in [0.3, 0.4) is 0 Å². The topological polar surface area (TPSA) is 67.5 Å². The summed E-state index contributed by atoms with van der Waals surface area (Å²) in [7, 11) is 0. The first kappa shape index (κ1) is 26.4. The molecule has 5 aromatic carbocycles. The number of amides is 1. The minimum Gasteiger partial charge on any atom is -0.480 e. The zero-order valence-electron chi connectivity index (χ0n) is 23.2. The molecule has 0 aliphatic carbocycles. The van der Waals surface area contributed by atoms with Gasteiger partial charge in [0.25, 0.3) is 5.91 Å². The number of aliphatic carboxylic acids is 1. The van der Waals surface area contributed by atoms with Gasteiger partial charge >= 0.3 is 5.97 Å². The molecule has 0 atom stereocenters. The first-order valence-electron chi connectivity index (χ1n) is 14.1. The van der Waals surface area contributed by atoms with Crippen molar-refractivity contribution in [3.8, 4) is 11.4 Å². The number of thiocarbonyl (C=S) groups is 1. The lowest BCUT2D eigenvalue weighted by Crippen LogP contribution is -2.33. The molecule has 1 aliphatic heterocycles. The maximum absolute atomic E-state index is 12.9. The first-order chi connectivity index (χ1) is 21.5. The largest absolute Gasteiger partial charge is 0.480 e. The quantitative estimate of drug-likeness (QED) is 0.158. The van der Waals surface area contributed by atoms with Crippen LogP contribution in [-0.4, -0.2) is 41.9 Å². The van der Waals surface area contributed by atoms with Crippen LogP contribution < -0.4 is 0 Å². The van der Waals surface area contributed by atoms with E-state index in [0.29, 0.717) is 4.91 Å². The average molecular weight is 610 g/mol. The van der Waals surface area contributed by atoms with E-state index in [4.69, 9.17) is 17.3 Å². The molecule has 0 radical (unpaired) electrons. The maximum Gasteiger partial charge on any atom is 0.323 e. The van der Waals surface area contributed by atoms with Crippen LogP contribution in [0, 0.1) is 0 Å². The lowest BCUT2D eigenvalue weighted by Gasteiger charge is -2.11. The molecule has 7 aromatic rings. The lowest BCUT2D eigenvalue weighted by molar-refractivity contribution is -0.140. The summed E-state index contributed by atoms with van der Waals surface area (Å²) >= 11 is 6.40. The molecule has 1 amide bonds. The van der Waals surface area contributed by atoms with Crippen LogP contribution in [0.1, 0.15) is 5.56 Å². The molecule has 2 aromatic heterocycles. The van der Waals surface area contributed by atoms with E-state index >= 15 is 0 Å². The van der Waals surface area contributed by atoms with Crippen LogP contribution in [-0.2, 0) is 9.59 Å². The Hall–Kier alpha value is -5.18. The minimum atomic E-state index is -1.10. The second kappa shape index (κ2) is 10.2. The number of nitrogens with zero attached hydrogens (tertiary/aromatic N) is 3. The molecular weight excluding hydrogens is 587 g/mol. The molecule has 0 spiro atoms. The Morgan fingerprint density at radius 3 is 1.68 bits per heavy atom. The minimum absolute atomic E-state index is 0.255. The van der Waals surface area contributed by atoms with Crippen LogP contribution in [0.4, 0.5) is 0 Å². The van der Waals surface area contributed by atoms with Crippen molar-refractivity contribution in [2.45, 2.75) is 0 Å². The smallest absolute Gasteiger partial charge is 0.323 e. The number of aromatic nitrogens is 2. The van der Waals surface area contributed by atoms with Crippen LogP contribution >= 0.6 is 24.0 Å². The van der Waals surface area contributed by atoms with Crippen molar-refractivity contribution >= 4 is 89.9 Å². The third-order valence-corrected chi connectivity index (χ3v) is 9.49. The number of thioether (sulfide) groups is 1. The second-order valence-electron chi connectivity index (χ2n) is 10.7. The van der Waals surface area contributed by atoms with Gasteiger partial charge in [0.2, 0.25) is 0 Å². The first-order valence-corrected chi connectivity index (χ1v) is 15.3. The van der Waals surface area contributed by atoms with E-state index in [0.717, 1.165) is 55.4 Å². The third kappa shape index (κ3) is 4.14. The molecule has 0 bridgehead atoms. The van der Waals surface area contributed by atoms with E-state index in [9.17, 15) is 9.59 Å². The van der Waals surface area contributed by atoms with Crippen molar-refractivity contribution in [3.63, 3.8) is 0 Å². The van der Waals surface area contributed by atoms with Gasteiger partial charge in [-0.2, -0.15) is 0 Å². The van der Waals surface area contributed by atoms with Gasteiger partial charge < -0.3 is 14.2 Å². The number of para-hydroxylation sites is 3. The molecule has 6 nitrogen and oxygen atoms in total. The van der Waals surface area contributed by atoms with E-state index in [1.54, 1.807) is 6.08 Å². The molecule has 3 heterocycles. The van der Waals surface area contributed by atoms with Gasteiger partial charge in [-0.15, -0.1) is 0 Å². The Morgan fingerprint density at radius 1 is 0.682 bits per heavy atom. The number of rotatable bonds is 5. The monoisotopic (exact) mass is 609 g/mol. The highest BCUT2D eigenvalue weighted by molar-refractivity contribution is 8.26. The maximum atomic E-state index is 12.9. The number of hydrogen-bond acceptors (Lipinski definition) is 4. The second-order valence-corrected chi connectivity index (χ2v) is 12.4. The van der Waals surface area contributed by atoms with Gasteiger partial charge in [-0.3, -0.25) is 14.5 Å². The standard InChI is InChI=1S/C36H23N3O3S2/c40-34(41)21-37-35(42)33(44-36(37)43)20-22-13-18-32-28(19-22)27-9-3-6-12-31(27)39(32)24-16-14-23(15-17-24)38-29-10-4-1-7-25(29)26-8-2-5-11-30(26)38/h1-20H,21H2,(H,40,41). The summed E-state index contributed by atoms with van der Waals surface area (Å²) in [5.74, 6) is -1.48. The van der Waals surface area contributed by atoms with E-state index < -0.39 is 12.5 Å². The third-order valence-electron chi connectivity index (χ3n) is 8.11. The van der Waals surface area contributed by atoms with Crippen molar-refractivity contribution in [2.24, 2.45) is 0 Å². The summed E-state index contributed by atoms with van der Waals surface area (Å²) in [5.41, 5.74) is 7.45. The van der Waals surface area contributed by atoms with Gasteiger partial charge in [-0.05, 0) is 66.2 Å². The van der Waals surface area contributed by atoms with Crippen molar-refractivity contribution in [3.05, 3.63) is 126 Å². The molecule has 8 rings (SSSR count). The van der Waals surface area contributed by atoms with Crippen LogP contribution in [0.25, 0.3) is 61.1 Å². The van der Waals surface area contributed by atoms with Crippen molar-refractivity contribution in [1.29, 1.82) is 0 Å². The van der Waals surface area contributed by atoms with Crippen molar-refractivity contribution in [1.82, 2.24) is 14.0 Å².